The molecule has 1 atom stereocenters. The highest BCUT2D eigenvalue weighted by Gasteiger charge is 2.21. The molecule has 0 amide bonds. The van der Waals surface area contributed by atoms with Crippen molar-refractivity contribution >= 4 is 11.6 Å². The van der Waals surface area contributed by atoms with E-state index in [9.17, 15) is 9.50 Å². The summed E-state index contributed by atoms with van der Waals surface area (Å²) in [5, 5.41) is 9.51. The van der Waals surface area contributed by atoms with E-state index >= 15 is 0 Å². The molecule has 1 rings (SSSR count). The third-order valence-electron chi connectivity index (χ3n) is 2.02. The maximum Gasteiger partial charge on any atom is 0.208 e. The molecule has 1 aromatic carbocycles. The van der Waals surface area contributed by atoms with E-state index in [1.54, 1.807) is 0 Å². The van der Waals surface area contributed by atoms with Crippen molar-refractivity contribution in [2.75, 3.05) is 14.2 Å². The number of hydrogen-bond acceptors (Lipinski definition) is 3. The van der Waals surface area contributed by atoms with Gasteiger partial charge in [0.1, 0.15) is 0 Å². The molecule has 0 heterocycles. The van der Waals surface area contributed by atoms with E-state index < -0.39 is 11.9 Å². The van der Waals surface area contributed by atoms with Gasteiger partial charge in [0.25, 0.3) is 0 Å². The van der Waals surface area contributed by atoms with Gasteiger partial charge in [0.15, 0.2) is 11.5 Å². The van der Waals surface area contributed by atoms with Crippen molar-refractivity contribution < 1.29 is 19.0 Å². The van der Waals surface area contributed by atoms with Gasteiger partial charge in [-0.3, -0.25) is 0 Å². The highest BCUT2D eigenvalue weighted by atomic mass is 35.5. The van der Waals surface area contributed by atoms with Crippen LogP contribution >= 0.6 is 11.6 Å². The minimum Gasteiger partial charge on any atom is -0.493 e. The van der Waals surface area contributed by atoms with Crippen LogP contribution in [0.4, 0.5) is 4.39 Å². The number of benzene rings is 1. The highest BCUT2D eigenvalue weighted by Crippen LogP contribution is 2.39. The Bertz CT molecular complexity index is 366. The Kier molecular flexibility index (Phi) is 3.77. The zero-order valence-corrected chi connectivity index (χ0v) is 9.43. The van der Waals surface area contributed by atoms with Crippen LogP contribution in [0, 0.1) is 5.82 Å². The van der Waals surface area contributed by atoms with Crippen molar-refractivity contribution in [2.24, 2.45) is 0 Å². The second-order valence-electron chi connectivity index (χ2n) is 3.00. The fraction of sp³-hybridized carbons (Fsp3) is 0.400. The topological polar surface area (TPSA) is 38.7 Å². The molecule has 15 heavy (non-hydrogen) atoms. The maximum absolute atomic E-state index is 13.7. The molecular weight excluding hydrogens is 223 g/mol. The summed E-state index contributed by atoms with van der Waals surface area (Å²) in [5.41, 5.74) is 0.292. The summed E-state index contributed by atoms with van der Waals surface area (Å²) in [6, 6.07) is 1.42. The molecule has 0 bridgehead atoms. The van der Waals surface area contributed by atoms with Gasteiger partial charge in [0.2, 0.25) is 5.82 Å². The van der Waals surface area contributed by atoms with Crippen molar-refractivity contribution in [2.45, 2.75) is 13.0 Å². The van der Waals surface area contributed by atoms with Gasteiger partial charge in [0.05, 0.1) is 25.3 Å². The van der Waals surface area contributed by atoms with E-state index in [4.69, 9.17) is 21.1 Å². The van der Waals surface area contributed by atoms with Crippen LogP contribution in [0.2, 0.25) is 5.02 Å². The highest BCUT2D eigenvalue weighted by molar-refractivity contribution is 6.32. The van der Waals surface area contributed by atoms with Crippen molar-refractivity contribution in [3.8, 4) is 11.5 Å². The average molecular weight is 235 g/mol. The van der Waals surface area contributed by atoms with Gasteiger partial charge in [-0.2, -0.15) is 4.39 Å². The number of ether oxygens (including phenoxy) is 2. The molecule has 5 heteroatoms. The molecule has 0 radical (unpaired) electrons. The fourth-order valence-corrected chi connectivity index (χ4v) is 1.58. The van der Waals surface area contributed by atoms with E-state index in [1.807, 2.05) is 0 Å². The molecule has 0 spiro atoms. The lowest BCUT2D eigenvalue weighted by atomic mass is 10.1. The van der Waals surface area contributed by atoms with Crippen LogP contribution in [0.25, 0.3) is 0 Å². The van der Waals surface area contributed by atoms with Gasteiger partial charge in [0, 0.05) is 5.56 Å². The molecule has 84 valence electrons. The number of rotatable bonds is 3. The molecule has 3 nitrogen and oxygen atoms in total. The van der Waals surface area contributed by atoms with Gasteiger partial charge in [-0.05, 0) is 13.0 Å². The Morgan fingerprint density at radius 1 is 1.33 bits per heavy atom. The number of methoxy groups -OCH3 is 2. The predicted octanol–water partition coefficient (Wildman–Crippen LogP) is 2.55. The Hall–Kier alpha value is -1.00. The zero-order valence-electron chi connectivity index (χ0n) is 8.67. The van der Waals surface area contributed by atoms with Crippen LogP contribution in [0.5, 0.6) is 11.5 Å². The SMILES string of the molecule is COc1c(Cl)cc(C(C)O)c(OC)c1F. The molecule has 0 saturated heterocycles. The summed E-state index contributed by atoms with van der Waals surface area (Å²) in [7, 11) is 2.63. The van der Waals surface area contributed by atoms with Gasteiger partial charge < -0.3 is 14.6 Å². The first kappa shape index (κ1) is 12.1. The molecule has 0 aliphatic carbocycles. The van der Waals surface area contributed by atoms with E-state index in [0.29, 0.717) is 5.56 Å². The third-order valence-corrected chi connectivity index (χ3v) is 2.30. The lowest BCUT2D eigenvalue weighted by molar-refractivity contribution is 0.192. The van der Waals surface area contributed by atoms with Crippen molar-refractivity contribution in [3.05, 3.63) is 22.5 Å². The van der Waals surface area contributed by atoms with Crippen LogP contribution in [0.1, 0.15) is 18.6 Å². The summed E-state index contributed by atoms with van der Waals surface area (Å²) in [6.45, 7) is 1.50. The molecule has 0 aromatic heterocycles. The molecule has 0 aliphatic heterocycles. The number of hydrogen-bond donors (Lipinski definition) is 1. The van der Waals surface area contributed by atoms with E-state index in [-0.39, 0.29) is 16.5 Å². The largest absolute Gasteiger partial charge is 0.493 e. The third kappa shape index (κ3) is 2.16. The van der Waals surface area contributed by atoms with Crippen molar-refractivity contribution in [3.63, 3.8) is 0 Å². The number of halogens is 2. The summed E-state index contributed by atoms with van der Waals surface area (Å²) in [5.74, 6) is -0.840. The Labute approximate surface area is 92.4 Å². The maximum atomic E-state index is 13.7. The van der Waals surface area contributed by atoms with Crippen LogP contribution in [0.3, 0.4) is 0 Å². The van der Waals surface area contributed by atoms with Crippen LogP contribution in [-0.4, -0.2) is 19.3 Å². The lowest BCUT2D eigenvalue weighted by Crippen LogP contribution is -2.02. The summed E-state index contributed by atoms with van der Waals surface area (Å²) in [4.78, 5) is 0. The van der Waals surface area contributed by atoms with Crippen LogP contribution in [-0.2, 0) is 0 Å². The number of aliphatic hydroxyl groups excluding tert-OH is 1. The fourth-order valence-electron chi connectivity index (χ4n) is 1.31. The van der Waals surface area contributed by atoms with E-state index in [0.717, 1.165) is 0 Å². The van der Waals surface area contributed by atoms with Gasteiger partial charge >= 0.3 is 0 Å². The molecular formula is C10H12ClFO3. The molecule has 1 N–H and O–H groups in total. The van der Waals surface area contributed by atoms with Crippen molar-refractivity contribution in [1.29, 1.82) is 0 Å². The molecule has 0 fully saturated rings. The summed E-state index contributed by atoms with van der Waals surface area (Å²) < 4.78 is 23.4. The normalized spacial score (nSPS) is 12.4. The first-order valence-electron chi connectivity index (χ1n) is 4.30. The Morgan fingerprint density at radius 3 is 2.27 bits per heavy atom. The minimum absolute atomic E-state index is 0.0498. The minimum atomic E-state index is -0.863. The van der Waals surface area contributed by atoms with E-state index in [2.05, 4.69) is 0 Å². The first-order chi connectivity index (χ1) is 7.02. The Balaban J connectivity index is 3.44. The van der Waals surface area contributed by atoms with Crippen LogP contribution < -0.4 is 9.47 Å². The molecule has 0 aliphatic rings. The van der Waals surface area contributed by atoms with Crippen LogP contribution in [0.15, 0.2) is 6.07 Å². The van der Waals surface area contributed by atoms with E-state index in [1.165, 1.54) is 27.2 Å². The first-order valence-corrected chi connectivity index (χ1v) is 4.68. The Morgan fingerprint density at radius 2 is 1.87 bits per heavy atom. The quantitative estimate of drug-likeness (QED) is 0.874. The predicted molar refractivity (Wildman–Crippen MR) is 55.1 cm³/mol. The molecule has 1 aromatic rings. The van der Waals surface area contributed by atoms with Gasteiger partial charge in [-0.1, -0.05) is 11.6 Å². The summed E-state index contributed by atoms with van der Waals surface area (Å²) >= 11 is 5.78. The lowest BCUT2D eigenvalue weighted by Gasteiger charge is -2.15. The summed E-state index contributed by atoms with van der Waals surface area (Å²) in [6.07, 6.45) is -0.863. The van der Waals surface area contributed by atoms with Crippen molar-refractivity contribution in [1.82, 2.24) is 0 Å². The standard InChI is InChI=1S/C10H12ClFO3/c1-5(13)6-4-7(11)10(15-3)8(12)9(6)14-2/h4-5,13H,1-3H3. The zero-order chi connectivity index (χ0) is 11.6. The van der Waals surface area contributed by atoms with Gasteiger partial charge in [-0.15, -0.1) is 0 Å². The monoisotopic (exact) mass is 234 g/mol. The second kappa shape index (κ2) is 4.68. The number of aliphatic hydroxyl groups is 1. The molecule has 1 unspecified atom stereocenters. The smallest absolute Gasteiger partial charge is 0.208 e. The van der Waals surface area contributed by atoms with Gasteiger partial charge in [-0.25, -0.2) is 0 Å². The second-order valence-corrected chi connectivity index (χ2v) is 3.41. The average Bonchev–Trinajstić information content (AvgIpc) is 2.17. The molecule has 0 saturated carbocycles.